The molecule has 2 rings (SSSR count). The molecule has 1 aromatic carbocycles. The number of halogens is 1. The van der Waals surface area contributed by atoms with E-state index < -0.39 is 17.1 Å². The van der Waals surface area contributed by atoms with Gasteiger partial charge in [-0.1, -0.05) is 15.9 Å². The minimum atomic E-state index is -0.775. The van der Waals surface area contributed by atoms with Gasteiger partial charge in [0.15, 0.2) is 0 Å². The Kier molecular flexibility index (Phi) is 3.84. The van der Waals surface area contributed by atoms with Crippen LogP contribution in [0.1, 0.15) is 6.92 Å². The van der Waals surface area contributed by atoms with Crippen LogP contribution >= 0.6 is 15.9 Å². The molecule has 19 heavy (non-hydrogen) atoms. The second-order valence-electron chi connectivity index (χ2n) is 3.81. The molecule has 0 aliphatic rings. The van der Waals surface area contributed by atoms with E-state index in [1.807, 2.05) is 0 Å². The molecule has 0 radical (unpaired) electrons. The Labute approximate surface area is 116 Å². The van der Waals surface area contributed by atoms with Crippen molar-refractivity contribution in [3.8, 4) is 0 Å². The van der Waals surface area contributed by atoms with E-state index in [4.69, 9.17) is 4.74 Å². The first kappa shape index (κ1) is 13.5. The lowest BCUT2D eigenvalue weighted by Gasteiger charge is -2.09. The zero-order valence-electron chi connectivity index (χ0n) is 10.1. The maximum Gasteiger partial charge on any atom is 0.326 e. The van der Waals surface area contributed by atoms with Crippen molar-refractivity contribution >= 4 is 32.9 Å². The predicted molar refractivity (Wildman–Crippen MR) is 73.2 cm³/mol. The highest BCUT2D eigenvalue weighted by atomic mass is 79.9. The van der Waals surface area contributed by atoms with E-state index in [0.717, 1.165) is 9.04 Å². The van der Waals surface area contributed by atoms with Crippen LogP contribution in [0.3, 0.4) is 0 Å². The number of hydrogen-bond donors (Lipinski definition) is 1. The molecule has 1 heterocycles. The van der Waals surface area contributed by atoms with E-state index >= 15 is 0 Å². The van der Waals surface area contributed by atoms with E-state index in [2.05, 4.69) is 20.9 Å². The predicted octanol–water partition coefficient (Wildman–Crippen LogP) is 1.02. The number of hydrogen-bond acceptors (Lipinski definition) is 4. The third-order valence-electron chi connectivity index (χ3n) is 2.53. The summed E-state index contributed by atoms with van der Waals surface area (Å²) in [6.45, 7) is 1.61. The fourth-order valence-corrected chi connectivity index (χ4v) is 2.11. The van der Waals surface area contributed by atoms with Gasteiger partial charge in [0.1, 0.15) is 6.54 Å². The van der Waals surface area contributed by atoms with Crippen LogP contribution in [0.15, 0.2) is 32.3 Å². The van der Waals surface area contributed by atoms with Gasteiger partial charge in [-0.2, -0.15) is 0 Å². The van der Waals surface area contributed by atoms with Crippen molar-refractivity contribution < 1.29 is 9.53 Å². The van der Waals surface area contributed by atoms with Crippen molar-refractivity contribution in [2.45, 2.75) is 13.5 Å². The number of rotatable bonds is 3. The average Bonchev–Trinajstić information content (AvgIpc) is 2.35. The number of fused-ring (bicyclic) bond motifs is 1. The average molecular weight is 327 g/mol. The Morgan fingerprint density at radius 2 is 2.16 bits per heavy atom. The minimum absolute atomic E-state index is 0.222. The summed E-state index contributed by atoms with van der Waals surface area (Å²) in [7, 11) is 0. The summed E-state index contributed by atoms with van der Waals surface area (Å²) < 4.78 is 6.66. The molecular weight excluding hydrogens is 316 g/mol. The van der Waals surface area contributed by atoms with Gasteiger partial charge in [-0.05, 0) is 25.1 Å². The van der Waals surface area contributed by atoms with Crippen molar-refractivity contribution in [3.63, 3.8) is 0 Å². The molecule has 0 bridgehead atoms. The maximum atomic E-state index is 11.8. The van der Waals surface area contributed by atoms with Crippen LogP contribution in [0.4, 0.5) is 0 Å². The molecule has 0 aliphatic heterocycles. The molecule has 6 nitrogen and oxygen atoms in total. The number of benzene rings is 1. The Hall–Kier alpha value is -1.89. The van der Waals surface area contributed by atoms with Crippen molar-refractivity contribution in [1.82, 2.24) is 9.55 Å². The van der Waals surface area contributed by atoms with Gasteiger partial charge in [0.25, 0.3) is 0 Å². The number of carbonyl (C=O) groups is 1. The minimum Gasteiger partial charge on any atom is -0.465 e. The first-order chi connectivity index (χ1) is 9.02. The molecular formula is C12H11BrN2O4. The lowest BCUT2D eigenvalue weighted by Crippen LogP contribution is -2.38. The molecule has 1 N–H and O–H groups in total. The van der Waals surface area contributed by atoms with Gasteiger partial charge >= 0.3 is 17.1 Å². The molecule has 0 aliphatic carbocycles. The second-order valence-corrected chi connectivity index (χ2v) is 4.73. The van der Waals surface area contributed by atoms with Crippen LogP contribution in [0.2, 0.25) is 0 Å². The molecule has 0 saturated carbocycles. The summed E-state index contributed by atoms with van der Waals surface area (Å²) in [4.78, 5) is 37.3. The Balaban J connectivity index is 2.64. The highest BCUT2D eigenvalue weighted by Gasteiger charge is 2.12. The van der Waals surface area contributed by atoms with Crippen LogP contribution in [-0.4, -0.2) is 22.1 Å². The zero-order valence-corrected chi connectivity index (χ0v) is 11.7. The van der Waals surface area contributed by atoms with Gasteiger partial charge < -0.3 is 9.72 Å². The fraction of sp³-hybridized carbons (Fsp3) is 0.250. The lowest BCUT2D eigenvalue weighted by atomic mass is 10.3. The molecule has 0 amide bonds. The maximum absolute atomic E-state index is 11.8. The van der Waals surface area contributed by atoms with Crippen molar-refractivity contribution in [2.75, 3.05) is 6.61 Å². The summed E-state index contributed by atoms with van der Waals surface area (Å²) in [6.07, 6.45) is 0. The van der Waals surface area contributed by atoms with E-state index in [9.17, 15) is 14.4 Å². The van der Waals surface area contributed by atoms with Crippen molar-refractivity contribution in [3.05, 3.63) is 43.4 Å². The quantitative estimate of drug-likeness (QED) is 0.674. The first-order valence-electron chi connectivity index (χ1n) is 5.61. The van der Waals surface area contributed by atoms with Crippen molar-refractivity contribution in [2.24, 2.45) is 0 Å². The standard InChI is InChI=1S/C12H11BrN2O4/c1-2-19-10(16)6-15-9-4-3-7(13)5-8(9)14-11(17)12(15)18/h3-5H,2,6H2,1H3,(H,14,17). The van der Waals surface area contributed by atoms with Gasteiger partial charge in [0.05, 0.1) is 17.6 Å². The number of aromatic amines is 1. The topological polar surface area (TPSA) is 81.2 Å². The highest BCUT2D eigenvalue weighted by molar-refractivity contribution is 9.10. The van der Waals surface area contributed by atoms with Gasteiger partial charge in [-0.25, -0.2) is 0 Å². The third-order valence-corrected chi connectivity index (χ3v) is 3.02. The number of ether oxygens (including phenoxy) is 1. The number of nitrogens with one attached hydrogen (secondary N) is 1. The SMILES string of the molecule is CCOC(=O)Cn1c(=O)c(=O)[nH]c2cc(Br)ccc21. The molecule has 0 spiro atoms. The normalized spacial score (nSPS) is 10.6. The van der Waals surface area contributed by atoms with Crippen LogP contribution in [0.5, 0.6) is 0 Å². The van der Waals surface area contributed by atoms with Gasteiger partial charge in [-0.15, -0.1) is 0 Å². The largest absolute Gasteiger partial charge is 0.465 e. The first-order valence-corrected chi connectivity index (χ1v) is 6.40. The fourth-order valence-electron chi connectivity index (χ4n) is 1.74. The van der Waals surface area contributed by atoms with Crippen LogP contribution < -0.4 is 11.1 Å². The summed E-state index contributed by atoms with van der Waals surface area (Å²) in [5.74, 6) is -0.556. The summed E-state index contributed by atoms with van der Waals surface area (Å²) in [5.41, 5.74) is -0.595. The van der Waals surface area contributed by atoms with Gasteiger partial charge in [0.2, 0.25) is 0 Å². The summed E-state index contributed by atoms with van der Waals surface area (Å²) >= 11 is 3.27. The zero-order chi connectivity index (χ0) is 14.0. The van der Waals surface area contributed by atoms with Crippen LogP contribution in [-0.2, 0) is 16.1 Å². The molecule has 0 atom stereocenters. The molecule has 2 aromatic rings. The molecule has 7 heteroatoms. The molecule has 100 valence electrons. The molecule has 0 unspecified atom stereocenters. The number of H-pyrrole nitrogens is 1. The number of carbonyl (C=O) groups excluding carboxylic acids is 1. The van der Waals surface area contributed by atoms with E-state index in [0.29, 0.717) is 11.0 Å². The Morgan fingerprint density at radius 1 is 1.42 bits per heavy atom. The van der Waals surface area contributed by atoms with E-state index in [1.165, 1.54) is 0 Å². The third kappa shape index (κ3) is 2.76. The Bertz CT molecular complexity index is 747. The monoisotopic (exact) mass is 326 g/mol. The van der Waals surface area contributed by atoms with Crippen molar-refractivity contribution in [1.29, 1.82) is 0 Å². The second kappa shape index (κ2) is 5.40. The highest BCUT2D eigenvalue weighted by Crippen LogP contribution is 2.15. The summed E-state index contributed by atoms with van der Waals surface area (Å²) in [5, 5.41) is 0. The Morgan fingerprint density at radius 3 is 2.84 bits per heavy atom. The number of nitrogens with zero attached hydrogens (tertiary/aromatic N) is 1. The van der Waals surface area contributed by atoms with E-state index in [-0.39, 0.29) is 13.2 Å². The molecule has 0 fully saturated rings. The smallest absolute Gasteiger partial charge is 0.326 e. The van der Waals surface area contributed by atoms with Gasteiger partial charge in [-0.3, -0.25) is 19.0 Å². The number of aromatic nitrogens is 2. The van der Waals surface area contributed by atoms with Crippen LogP contribution in [0.25, 0.3) is 11.0 Å². The number of esters is 1. The summed E-state index contributed by atoms with van der Waals surface area (Å²) in [6, 6.07) is 5.04. The van der Waals surface area contributed by atoms with E-state index in [1.54, 1.807) is 25.1 Å². The molecule has 0 saturated heterocycles. The van der Waals surface area contributed by atoms with Crippen LogP contribution in [0, 0.1) is 0 Å². The van der Waals surface area contributed by atoms with Gasteiger partial charge in [0, 0.05) is 4.47 Å². The molecule has 1 aromatic heterocycles. The lowest BCUT2D eigenvalue weighted by molar-refractivity contribution is -0.143.